The van der Waals surface area contributed by atoms with E-state index in [4.69, 9.17) is 4.74 Å². The number of anilines is 1. The van der Waals surface area contributed by atoms with Crippen LogP contribution in [0.4, 0.5) is 5.69 Å². The van der Waals surface area contributed by atoms with Crippen molar-refractivity contribution in [2.75, 3.05) is 11.9 Å². The molecule has 4 nitrogen and oxygen atoms in total. The molecule has 1 atom stereocenters. The van der Waals surface area contributed by atoms with Gasteiger partial charge in [-0.1, -0.05) is 12.1 Å². The van der Waals surface area contributed by atoms with E-state index in [2.05, 4.69) is 5.32 Å². The molecule has 0 fully saturated rings. The molecule has 1 heterocycles. The number of carbonyl (C=O) groups is 2. The van der Waals surface area contributed by atoms with Crippen molar-refractivity contribution >= 4 is 17.4 Å². The molecule has 1 unspecified atom stereocenters. The number of ketones is 1. The van der Waals surface area contributed by atoms with Gasteiger partial charge >= 0.3 is 5.97 Å². The molecular weight excluding hydrogens is 206 g/mol. The predicted octanol–water partition coefficient (Wildman–Crippen LogP) is 1.53. The minimum Gasteiger partial charge on any atom is -0.464 e. The van der Waals surface area contributed by atoms with E-state index in [1.807, 2.05) is 19.1 Å². The Morgan fingerprint density at radius 1 is 1.50 bits per heavy atom. The van der Waals surface area contributed by atoms with Crippen LogP contribution in [0.3, 0.4) is 0 Å². The van der Waals surface area contributed by atoms with E-state index in [1.54, 1.807) is 13.0 Å². The zero-order valence-corrected chi connectivity index (χ0v) is 9.24. The lowest BCUT2D eigenvalue weighted by Gasteiger charge is -2.07. The van der Waals surface area contributed by atoms with Crippen LogP contribution in [-0.2, 0) is 9.53 Å². The van der Waals surface area contributed by atoms with E-state index in [0.29, 0.717) is 11.3 Å². The summed E-state index contributed by atoms with van der Waals surface area (Å²) in [6, 6.07) is 4.61. The van der Waals surface area contributed by atoms with Crippen molar-refractivity contribution in [3.8, 4) is 0 Å². The second kappa shape index (κ2) is 3.96. The SMILES string of the molecule is CCOC(=O)C1Nc2cccc(C)c2C1=O. The Morgan fingerprint density at radius 3 is 2.88 bits per heavy atom. The number of fused-ring (bicyclic) bond motifs is 1. The van der Waals surface area contributed by atoms with Crippen LogP contribution in [0.2, 0.25) is 0 Å². The molecule has 0 saturated carbocycles. The second-order valence-electron chi connectivity index (χ2n) is 3.69. The molecule has 0 saturated heterocycles. The van der Waals surface area contributed by atoms with Gasteiger partial charge in [0.2, 0.25) is 0 Å². The molecule has 1 aromatic rings. The largest absolute Gasteiger partial charge is 0.464 e. The van der Waals surface area contributed by atoms with E-state index < -0.39 is 12.0 Å². The van der Waals surface area contributed by atoms with Crippen molar-refractivity contribution in [3.05, 3.63) is 29.3 Å². The summed E-state index contributed by atoms with van der Waals surface area (Å²) in [6.45, 7) is 3.85. The molecular formula is C12H13NO3. The molecule has 1 aliphatic heterocycles. The third-order valence-corrected chi connectivity index (χ3v) is 2.60. The van der Waals surface area contributed by atoms with Crippen molar-refractivity contribution in [1.29, 1.82) is 0 Å². The van der Waals surface area contributed by atoms with Gasteiger partial charge in [-0.15, -0.1) is 0 Å². The number of carbonyl (C=O) groups excluding carboxylic acids is 2. The summed E-state index contributed by atoms with van der Waals surface area (Å²) in [7, 11) is 0. The van der Waals surface area contributed by atoms with E-state index >= 15 is 0 Å². The molecule has 0 spiro atoms. The van der Waals surface area contributed by atoms with Crippen LogP contribution in [0.15, 0.2) is 18.2 Å². The van der Waals surface area contributed by atoms with Gasteiger partial charge in [0.15, 0.2) is 11.8 Å². The summed E-state index contributed by atoms with van der Waals surface area (Å²) in [4.78, 5) is 23.5. The van der Waals surface area contributed by atoms with Crippen LogP contribution in [-0.4, -0.2) is 24.4 Å². The average molecular weight is 219 g/mol. The van der Waals surface area contributed by atoms with Crippen LogP contribution in [0.25, 0.3) is 0 Å². The van der Waals surface area contributed by atoms with E-state index in [1.165, 1.54) is 0 Å². The fourth-order valence-electron chi connectivity index (χ4n) is 1.87. The van der Waals surface area contributed by atoms with E-state index in [9.17, 15) is 9.59 Å². The van der Waals surface area contributed by atoms with Crippen LogP contribution in [0.1, 0.15) is 22.8 Å². The lowest BCUT2D eigenvalue weighted by molar-refractivity contribution is -0.142. The van der Waals surface area contributed by atoms with Crippen molar-refractivity contribution in [1.82, 2.24) is 0 Å². The number of rotatable bonds is 2. The molecule has 2 rings (SSSR count). The number of esters is 1. The first kappa shape index (κ1) is 10.7. The summed E-state index contributed by atoms with van der Waals surface area (Å²) in [5.74, 6) is -0.713. The monoisotopic (exact) mass is 219 g/mol. The van der Waals surface area contributed by atoms with Crippen LogP contribution < -0.4 is 5.32 Å². The predicted molar refractivity (Wildman–Crippen MR) is 59.6 cm³/mol. The first-order valence-corrected chi connectivity index (χ1v) is 5.22. The van der Waals surface area contributed by atoms with Crippen molar-refractivity contribution in [2.45, 2.75) is 19.9 Å². The summed E-state index contributed by atoms with van der Waals surface area (Å²) < 4.78 is 4.85. The fraction of sp³-hybridized carbons (Fsp3) is 0.333. The van der Waals surface area contributed by atoms with Gasteiger partial charge in [0.25, 0.3) is 0 Å². The summed E-state index contributed by atoms with van der Waals surface area (Å²) in [5, 5.41) is 2.89. The lowest BCUT2D eigenvalue weighted by atomic mass is 10.0. The number of benzene rings is 1. The van der Waals surface area contributed by atoms with Crippen molar-refractivity contribution in [3.63, 3.8) is 0 Å². The summed E-state index contributed by atoms with van der Waals surface area (Å²) in [6.07, 6.45) is 0. The summed E-state index contributed by atoms with van der Waals surface area (Å²) >= 11 is 0. The minimum absolute atomic E-state index is 0.202. The molecule has 1 aromatic carbocycles. The van der Waals surface area contributed by atoms with E-state index in [-0.39, 0.29) is 12.4 Å². The van der Waals surface area contributed by atoms with Gasteiger partial charge in [0.1, 0.15) is 0 Å². The average Bonchev–Trinajstić information content (AvgIpc) is 2.58. The number of Topliss-reactive ketones (excluding diaryl/α,β-unsaturated/α-hetero) is 1. The highest BCUT2D eigenvalue weighted by molar-refractivity contribution is 6.20. The summed E-state index contributed by atoms with van der Waals surface area (Å²) in [5.41, 5.74) is 2.19. The maximum Gasteiger partial charge on any atom is 0.336 e. The topological polar surface area (TPSA) is 55.4 Å². The maximum atomic E-state index is 12.0. The molecule has 16 heavy (non-hydrogen) atoms. The van der Waals surface area contributed by atoms with Gasteiger partial charge in [-0.05, 0) is 25.5 Å². The Labute approximate surface area is 93.6 Å². The van der Waals surface area contributed by atoms with Gasteiger partial charge < -0.3 is 10.1 Å². The van der Waals surface area contributed by atoms with Crippen molar-refractivity contribution in [2.24, 2.45) is 0 Å². The zero-order chi connectivity index (χ0) is 11.7. The quantitative estimate of drug-likeness (QED) is 0.605. The minimum atomic E-state index is -0.879. The Morgan fingerprint density at radius 2 is 2.25 bits per heavy atom. The number of aryl methyl sites for hydroxylation is 1. The molecule has 0 radical (unpaired) electrons. The molecule has 0 aromatic heterocycles. The Kier molecular flexibility index (Phi) is 2.64. The highest BCUT2D eigenvalue weighted by atomic mass is 16.5. The highest BCUT2D eigenvalue weighted by Gasteiger charge is 2.37. The van der Waals surface area contributed by atoms with Crippen LogP contribution in [0.5, 0.6) is 0 Å². The van der Waals surface area contributed by atoms with Crippen LogP contribution >= 0.6 is 0 Å². The lowest BCUT2D eigenvalue weighted by Crippen LogP contribution is -2.33. The Bertz CT molecular complexity index is 454. The zero-order valence-electron chi connectivity index (χ0n) is 9.24. The first-order chi connectivity index (χ1) is 7.65. The Hall–Kier alpha value is -1.84. The number of hydrogen-bond donors (Lipinski definition) is 1. The second-order valence-corrected chi connectivity index (χ2v) is 3.69. The highest BCUT2D eigenvalue weighted by Crippen LogP contribution is 2.28. The van der Waals surface area contributed by atoms with E-state index in [0.717, 1.165) is 5.56 Å². The third kappa shape index (κ3) is 1.56. The number of ether oxygens (including phenoxy) is 1. The van der Waals surface area contributed by atoms with Crippen molar-refractivity contribution < 1.29 is 14.3 Å². The normalized spacial score (nSPS) is 17.9. The molecule has 4 heteroatoms. The number of nitrogens with one attached hydrogen (secondary N) is 1. The molecule has 84 valence electrons. The first-order valence-electron chi connectivity index (χ1n) is 5.22. The Balaban J connectivity index is 2.31. The molecule has 1 N–H and O–H groups in total. The standard InChI is InChI=1S/C12H13NO3/c1-3-16-12(15)10-11(14)9-7(2)5-4-6-8(9)13-10/h4-6,10,13H,3H2,1-2H3. The molecule has 0 amide bonds. The van der Waals surface area contributed by atoms with Gasteiger partial charge in [0.05, 0.1) is 6.61 Å². The van der Waals surface area contributed by atoms with Gasteiger partial charge in [-0.3, -0.25) is 4.79 Å². The van der Waals surface area contributed by atoms with Crippen LogP contribution in [0, 0.1) is 6.92 Å². The molecule has 0 bridgehead atoms. The van der Waals surface area contributed by atoms with Gasteiger partial charge in [-0.2, -0.15) is 0 Å². The number of hydrogen-bond acceptors (Lipinski definition) is 4. The third-order valence-electron chi connectivity index (χ3n) is 2.60. The van der Waals surface area contributed by atoms with Gasteiger partial charge in [-0.25, -0.2) is 4.79 Å². The molecule has 1 aliphatic rings. The smallest absolute Gasteiger partial charge is 0.336 e. The maximum absolute atomic E-state index is 12.0. The van der Waals surface area contributed by atoms with Gasteiger partial charge in [0, 0.05) is 11.3 Å². The molecule has 0 aliphatic carbocycles. The fourth-order valence-corrected chi connectivity index (χ4v) is 1.87.